The van der Waals surface area contributed by atoms with E-state index in [-0.39, 0.29) is 18.0 Å². The predicted molar refractivity (Wildman–Crippen MR) is 104 cm³/mol. The van der Waals surface area contributed by atoms with Crippen LogP contribution in [-0.4, -0.2) is 56.4 Å². The van der Waals surface area contributed by atoms with Crippen molar-refractivity contribution in [2.24, 2.45) is 0 Å². The van der Waals surface area contributed by atoms with Gasteiger partial charge in [0.25, 0.3) is 5.56 Å². The number of carbonyl (C=O) groups is 1. The van der Waals surface area contributed by atoms with E-state index in [1.165, 1.54) is 28.4 Å². The molecule has 8 nitrogen and oxygen atoms in total. The first-order chi connectivity index (χ1) is 13.2. The lowest BCUT2D eigenvalue weighted by Crippen LogP contribution is -2.35. The molecule has 1 aliphatic rings. The quantitative estimate of drug-likeness (QED) is 0.617. The third-order valence-corrected chi connectivity index (χ3v) is 5.62. The highest BCUT2D eigenvalue weighted by atomic mass is 32.1. The van der Waals surface area contributed by atoms with Crippen LogP contribution in [-0.2, 0) is 11.3 Å². The Balaban J connectivity index is 1.37. The molecular weight excluding hydrogens is 364 g/mol. The van der Waals surface area contributed by atoms with Gasteiger partial charge in [0.15, 0.2) is 0 Å². The number of nitrogens with one attached hydrogen (secondary N) is 1. The van der Waals surface area contributed by atoms with Crippen molar-refractivity contribution >= 4 is 22.8 Å². The molecule has 3 aromatic rings. The molecule has 142 valence electrons. The molecule has 3 aromatic heterocycles. The van der Waals surface area contributed by atoms with E-state index in [0.29, 0.717) is 12.1 Å². The van der Waals surface area contributed by atoms with E-state index in [0.717, 1.165) is 36.6 Å². The van der Waals surface area contributed by atoms with E-state index >= 15 is 0 Å². The van der Waals surface area contributed by atoms with Crippen molar-refractivity contribution in [1.82, 2.24) is 29.6 Å². The molecular formula is C18H22N6O2S. The van der Waals surface area contributed by atoms with Crippen molar-refractivity contribution in [1.29, 1.82) is 0 Å². The second-order valence-electron chi connectivity index (χ2n) is 6.68. The summed E-state index contributed by atoms with van der Waals surface area (Å²) in [4.78, 5) is 28.2. The van der Waals surface area contributed by atoms with Gasteiger partial charge in [-0.15, -0.1) is 11.3 Å². The lowest BCUT2D eigenvalue weighted by Gasteiger charge is -2.14. The molecule has 0 unspecified atom stereocenters. The predicted octanol–water partition coefficient (Wildman–Crippen LogP) is 1.22. The minimum absolute atomic E-state index is 0.0848. The Morgan fingerprint density at radius 3 is 2.93 bits per heavy atom. The highest BCUT2D eigenvalue weighted by Crippen LogP contribution is 2.23. The second-order valence-corrected chi connectivity index (χ2v) is 7.63. The molecule has 0 spiro atoms. The average Bonchev–Trinajstić information content (AvgIpc) is 3.41. The number of amides is 1. The summed E-state index contributed by atoms with van der Waals surface area (Å²) >= 11 is 1.56. The van der Waals surface area contributed by atoms with Gasteiger partial charge < -0.3 is 10.2 Å². The third kappa shape index (κ3) is 4.09. The van der Waals surface area contributed by atoms with Gasteiger partial charge in [-0.3, -0.25) is 9.59 Å². The van der Waals surface area contributed by atoms with E-state index in [4.69, 9.17) is 0 Å². The first-order valence-corrected chi connectivity index (χ1v) is 10.1. The fourth-order valence-electron chi connectivity index (χ4n) is 3.32. The van der Waals surface area contributed by atoms with Gasteiger partial charge in [0.05, 0.1) is 4.88 Å². The van der Waals surface area contributed by atoms with E-state index in [2.05, 4.69) is 20.4 Å². The molecule has 0 atom stereocenters. The van der Waals surface area contributed by atoms with Crippen LogP contribution in [0, 0.1) is 0 Å². The average molecular weight is 386 g/mol. The maximum absolute atomic E-state index is 12.6. The molecule has 1 fully saturated rings. The zero-order valence-corrected chi connectivity index (χ0v) is 15.8. The summed E-state index contributed by atoms with van der Waals surface area (Å²) in [6.07, 6.45) is 4.92. The van der Waals surface area contributed by atoms with Crippen molar-refractivity contribution in [3.63, 3.8) is 0 Å². The zero-order chi connectivity index (χ0) is 18.6. The van der Waals surface area contributed by atoms with E-state index in [1.54, 1.807) is 17.4 Å². The van der Waals surface area contributed by atoms with Crippen LogP contribution in [0.25, 0.3) is 16.1 Å². The third-order valence-electron chi connectivity index (χ3n) is 4.73. The number of thiophene rings is 1. The highest BCUT2D eigenvalue weighted by molar-refractivity contribution is 7.13. The van der Waals surface area contributed by atoms with Crippen molar-refractivity contribution in [2.75, 3.05) is 26.2 Å². The van der Waals surface area contributed by atoms with E-state index < -0.39 is 0 Å². The molecule has 0 aromatic carbocycles. The molecule has 27 heavy (non-hydrogen) atoms. The largest absolute Gasteiger partial charge is 0.354 e. The topological polar surface area (TPSA) is 84.5 Å². The first-order valence-electron chi connectivity index (χ1n) is 9.19. The molecule has 9 heteroatoms. The second kappa shape index (κ2) is 8.01. The Bertz CT molecular complexity index is 972. The van der Waals surface area contributed by atoms with Crippen molar-refractivity contribution in [3.8, 4) is 10.6 Å². The molecule has 0 saturated carbocycles. The molecule has 4 heterocycles. The summed E-state index contributed by atoms with van der Waals surface area (Å²) in [5.41, 5.74) is 0.822. The Morgan fingerprint density at radius 2 is 2.15 bits per heavy atom. The number of carbonyl (C=O) groups excluding carboxylic acids is 1. The molecule has 1 N–H and O–H groups in total. The molecule has 1 amide bonds. The van der Waals surface area contributed by atoms with Gasteiger partial charge in [-0.2, -0.15) is 10.2 Å². The number of hydrogen-bond acceptors (Lipinski definition) is 6. The standard InChI is InChI=1S/C18H22N6O2S/c25-17(19-6-4-9-22-7-1-2-8-22)12-23-18(26)15-11-14(16-5-3-10-27-16)21-24(15)13-20-23/h3,5,10-11,13H,1-2,4,6-9,12H2,(H,19,25). The van der Waals surface area contributed by atoms with E-state index in [9.17, 15) is 9.59 Å². The molecule has 0 bridgehead atoms. The number of rotatable bonds is 7. The van der Waals surface area contributed by atoms with Gasteiger partial charge in [-0.1, -0.05) is 6.07 Å². The smallest absolute Gasteiger partial charge is 0.293 e. The molecule has 1 aliphatic heterocycles. The minimum Gasteiger partial charge on any atom is -0.354 e. The maximum Gasteiger partial charge on any atom is 0.293 e. The van der Waals surface area contributed by atoms with Crippen LogP contribution in [0.2, 0.25) is 0 Å². The normalized spacial score (nSPS) is 14.8. The Labute approximate surface area is 160 Å². The summed E-state index contributed by atoms with van der Waals surface area (Å²) in [5.74, 6) is -0.201. The van der Waals surface area contributed by atoms with Crippen LogP contribution >= 0.6 is 11.3 Å². The summed E-state index contributed by atoms with van der Waals surface area (Å²) in [7, 11) is 0. The maximum atomic E-state index is 12.6. The van der Waals surface area contributed by atoms with Gasteiger partial charge in [0.2, 0.25) is 5.91 Å². The number of aromatic nitrogens is 4. The number of nitrogens with zero attached hydrogens (tertiary/aromatic N) is 5. The molecule has 0 radical (unpaired) electrons. The lowest BCUT2D eigenvalue weighted by atomic mass is 10.3. The summed E-state index contributed by atoms with van der Waals surface area (Å²) in [6.45, 7) is 3.85. The van der Waals surface area contributed by atoms with E-state index in [1.807, 2.05) is 17.5 Å². The minimum atomic E-state index is -0.319. The summed E-state index contributed by atoms with van der Waals surface area (Å²) < 4.78 is 2.65. The summed E-state index contributed by atoms with van der Waals surface area (Å²) in [5, 5.41) is 13.3. The fraction of sp³-hybridized carbons (Fsp3) is 0.444. The number of likely N-dealkylation sites (tertiary alicyclic amines) is 1. The van der Waals surface area contributed by atoms with Crippen LogP contribution in [0.3, 0.4) is 0 Å². The highest BCUT2D eigenvalue weighted by Gasteiger charge is 2.13. The first kappa shape index (κ1) is 17.9. The SMILES string of the molecule is O=C(Cn1ncn2nc(-c3cccs3)cc2c1=O)NCCCN1CCCC1. The molecule has 0 aliphatic carbocycles. The van der Waals surface area contributed by atoms with Crippen molar-refractivity contribution in [3.05, 3.63) is 40.3 Å². The van der Waals surface area contributed by atoms with Crippen LogP contribution in [0.1, 0.15) is 19.3 Å². The Kier molecular flexibility index (Phi) is 5.30. The zero-order valence-electron chi connectivity index (χ0n) is 15.0. The van der Waals surface area contributed by atoms with Gasteiger partial charge in [-0.25, -0.2) is 9.20 Å². The van der Waals surface area contributed by atoms with Crippen LogP contribution in [0.5, 0.6) is 0 Å². The number of fused-ring (bicyclic) bond motifs is 1. The van der Waals surface area contributed by atoms with Gasteiger partial charge in [0, 0.05) is 6.54 Å². The fourth-order valence-corrected chi connectivity index (χ4v) is 4.01. The Hall–Kier alpha value is -2.52. The Morgan fingerprint density at radius 1 is 1.30 bits per heavy atom. The lowest BCUT2D eigenvalue weighted by molar-refractivity contribution is -0.121. The number of hydrogen-bond donors (Lipinski definition) is 1. The molecule has 1 saturated heterocycles. The molecule has 4 rings (SSSR count). The van der Waals surface area contributed by atoms with Gasteiger partial charge in [-0.05, 0) is 56.4 Å². The van der Waals surface area contributed by atoms with Crippen LogP contribution in [0.15, 0.2) is 34.7 Å². The van der Waals surface area contributed by atoms with Crippen LogP contribution < -0.4 is 10.9 Å². The van der Waals surface area contributed by atoms with Crippen LogP contribution in [0.4, 0.5) is 0 Å². The van der Waals surface area contributed by atoms with Crippen molar-refractivity contribution < 1.29 is 4.79 Å². The van der Waals surface area contributed by atoms with Gasteiger partial charge in [0.1, 0.15) is 24.1 Å². The van der Waals surface area contributed by atoms with Gasteiger partial charge >= 0.3 is 0 Å². The monoisotopic (exact) mass is 386 g/mol. The summed E-state index contributed by atoms with van der Waals surface area (Å²) in [6, 6.07) is 5.63. The van der Waals surface area contributed by atoms with Crippen molar-refractivity contribution in [2.45, 2.75) is 25.8 Å².